The summed E-state index contributed by atoms with van der Waals surface area (Å²) in [5.74, 6) is -0.0766. The van der Waals surface area contributed by atoms with E-state index >= 15 is 0 Å². The SMILES string of the molecule is COc1cc2c(c(C)c1OC)C(=O)c1cc(C)cc(O)c1C2=O. The zero-order chi connectivity index (χ0) is 16.9. The zero-order valence-electron chi connectivity index (χ0n) is 13.3. The molecule has 0 unspecified atom stereocenters. The molecule has 0 radical (unpaired) electrons. The average Bonchev–Trinajstić information content (AvgIpc) is 2.50. The lowest BCUT2D eigenvalue weighted by molar-refractivity contribution is 0.0975. The van der Waals surface area contributed by atoms with Gasteiger partial charge in [-0.05, 0) is 37.6 Å². The maximum Gasteiger partial charge on any atom is 0.198 e. The van der Waals surface area contributed by atoms with E-state index in [1.165, 1.54) is 26.4 Å². The van der Waals surface area contributed by atoms with Crippen LogP contribution >= 0.6 is 0 Å². The van der Waals surface area contributed by atoms with Crippen molar-refractivity contribution in [2.75, 3.05) is 14.2 Å². The van der Waals surface area contributed by atoms with E-state index in [2.05, 4.69) is 0 Å². The van der Waals surface area contributed by atoms with Crippen LogP contribution in [0.4, 0.5) is 0 Å². The first-order valence-electron chi connectivity index (χ1n) is 7.09. The van der Waals surface area contributed by atoms with E-state index in [9.17, 15) is 14.7 Å². The number of rotatable bonds is 2. The number of aryl methyl sites for hydroxylation is 1. The van der Waals surface area contributed by atoms with Crippen LogP contribution in [-0.2, 0) is 0 Å². The zero-order valence-corrected chi connectivity index (χ0v) is 13.3. The smallest absolute Gasteiger partial charge is 0.198 e. The predicted octanol–water partition coefficient (Wildman–Crippen LogP) is 2.80. The van der Waals surface area contributed by atoms with E-state index in [0.717, 1.165) is 0 Å². The molecule has 2 aromatic rings. The Balaban J connectivity index is 2.38. The van der Waals surface area contributed by atoms with Gasteiger partial charge in [-0.2, -0.15) is 0 Å². The molecule has 5 heteroatoms. The normalized spacial score (nSPS) is 12.7. The lowest BCUT2D eigenvalue weighted by Gasteiger charge is -2.23. The number of aromatic hydroxyl groups is 1. The van der Waals surface area contributed by atoms with Crippen LogP contribution in [0.1, 0.15) is 43.0 Å². The van der Waals surface area contributed by atoms with Crippen molar-refractivity contribution in [3.8, 4) is 17.2 Å². The number of phenolic OH excluding ortho intramolecular Hbond substituents is 1. The Kier molecular flexibility index (Phi) is 3.36. The minimum absolute atomic E-state index is 0.0414. The maximum atomic E-state index is 12.9. The van der Waals surface area contributed by atoms with Crippen LogP contribution in [0.3, 0.4) is 0 Å². The molecule has 0 bridgehead atoms. The summed E-state index contributed by atoms with van der Waals surface area (Å²) in [5.41, 5.74) is 2.04. The number of benzene rings is 2. The number of carbonyl (C=O) groups excluding carboxylic acids is 2. The van der Waals surface area contributed by atoms with Crippen molar-refractivity contribution in [2.45, 2.75) is 13.8 Å². The highest BCUT2D eigenvalue weighted by molar-refractivity contribution is 6.30. The second-order valence-corrected chi connectivity index (χ2v) is 5.52. The molecule has 1 aliphatic carbocycles. The van der Waals surface area contributed by atoms with Crippen molar-refractivity contribution < 1.29 is 24.2 Å². The van der Waals surface area contributed by atoms with Gasteiger partial charge < -0.3 is 14.6 Å². The third-order valence-electron chi connectivity index (χ3n) is 4.11. The van der Waals surface area contributed by atoms with E-state index < -0.39 is 5.78 Å². The number of ether oxygens (including phenoxy) is 2. The Morgan fingerprint density at radius 2 is 1.48 bits per heavy atom. The van der Waals surface area contributed by atoms with Gasteiger partial charge in [0, 0.05) is 22.3 Å². The van der Waals surface area contributed by atoms with E-state index in [0.29, 0.717) is 28.2 Å². The number of phenols is 1. The van der Waals surface area contributed by atoms with Gasteiger partial charge in [-0.3, -0.25) is 9.59 Å². The van der Waals surface area contributed by atoms with E-state index in [1.54, 1.807) is 19.9 Å². The van der Waals surface area contributed by atoms with Gasteiger partial charge in [0.05, 0.1) is 19.8 Å². The van der Waals surface area contributed by atoms with Gasteiger partial charge in [-0.25, -0.2) is 0 Å². The highest BCUT2D eigenvalue weighted by Gasteiger charge is 2.35. The Bertz CT molecular complexity index is 864. The molecule has 0 aromatic heterocycles. The van der Waals surface area contributed by atoms with Crippen molar-refractivity contribution in [3.63, 3.8) is 0 Å². The predicted molar refractivity (Wildman–Crippen MR) is 84.0 cm³/mol. The van der Waals surface area contributed by atoms with Crippen molar-refractivity contribution in [3.05, 3.63) is 51.6 Å². The minimum Gasteiger partial charge on any atom is -0.507 e. The highest BCUT2D eigenvalue weighted by Crippen LogP contribution is 2.41. The molecule has 0 heterocycles. The van der Waals surface area contributed by atoms with Gasteiger partial charge in [0.2, 0.25) is 0 Å². The summed E-state index contributed by atoms with van der Waals surface area (Å²) in [7, 11) is 2.95. The monoisotopic (exact) mass is 312 g/mol. The van der Waals surface area contributed by atoms with E-state index in [-0.39, 0.29) is 28.2 Å². The molecule has 0 atom stereocenters. The maximum absolute atomic E-state index is 12.9. The Labute approximate surface area is 133 Å². The Morgan fingerprint density at radius 1 is 0.870 bits per heavy atom. The summed E-state index contributed by atoms with van der Waals surface area (Å²) in [6.07, 6.45) is 0. The van der Waals surface area contributed by atoms with Crippen LogP contribution in [0.25, 0.3) is 0 Å². The standard InChI is InChI=1S/C18H16O5/c1-8-5-10-15(12(19)6-8)17(21)11-7-13(22-3)18(23-4)9(2)14(11)16(10)20/h5-7,19H,1-4H3. The molecule has 0 amide bonds. The first-order chi connectivity index (χ1) is 10.9. The third kappa shape index (κ3) is 2.00. The summed E-state index contributed by atoms with van der Waals surface area (Å²) in [4.78, 5) is 25.7. The molecular formula is C18H16O5. The van der Waals surface area contributed by atoms with E-state index in [4.69, 9.17) is 9.47 Å². The van der Waals surface area contributed by atoms with Crippen LogP contribution in [0.2, 0.25) is 0 Å². The number of carbonyl (C=O) groups is 2. The molecule has 0 spiro atoms. The molecule has 5 nitrogen and oxygen atoms in total. The Hall–Kier alpha value is -2.82. The Morgan fingerprint density at radius 3 is 2.09 bits per heavy atom. The average molecular weight is 312 g/mol. The number of hydrogen-bond donors (Lipinski definition) is 1. The number of ketones is 2. The van der Waals surface area contributed by atoms with Crippen molar-refractivity contribution in [1.29, 1.82) is 0 Å². The fraction of sp³-hybridized carbons (Fsp3) is 0.222. The third-order valence-corrected chi connectivity index (χ3v) is 4.11. The van der Waals surface area contributed by atoms with Crippen LogP contribution in [0.5, 0.6) is 17.2 Å². The molecule has 2 aromatic carbocycles. The van der Waals surface area contributed by atoms with Gasteiger partial charge in [0.15, 0.2) is 23.1 Å². The summed E-state index contributed by atoms with van der Waals surface area (Å²) in [6.45, 7) is 3.47. The highest BCUT2D eigenvalue weighted by atomic mass is 16.5. The van der Waals surface area contributed by atoms with Crippen LogP contribution in [-0.4, -0.2) is 30.9 Å². The van der Waals surface area contributed by atoms with Crippen molar-refractivity contribution >= 4 is 11.6 Å². The molecule has 1 N–H and O–H groups in total. The second kappa shape index (κ2) is 5.12. The number of hydrogen-bond acceptors (Lipinski definition) is 5. The van der Waals surface area contributed by atoms with Crippen molar-refractivity contribution in [1.82, 2.24) is 0 Å². The molecule has 23 heavy (non-hydrogen) atoms. The van der Waals surface area contributed by atoms with E-state index in [1.807, 2.05) is 0 Å². The molecule has 0 saturated heterocycles. The first-order valence-corrected chi connectivity index (χ1v) is 7.09. The van der Waals surface area contributed by atoms with Gasteiger partial charge in [-0.1, -0.05) is 0 Å². The largest absolute Gasteiger partial charge is 0.507 e. The van der Waals surface area contributed by atoms with Gasteiger partial charge in [-0.15, -0.1) is 0 Å². The molecule has 1 aliphatic rings. The molecule has 0 aliphatic heterocycles. The van der Waals surface area contributed by atoms with Crippen LogP contribution < -0.4 is 9.47 Å². The van der Waals surface area contributed by atoms with Crippen LogP contribution in [0.15, 0.2) is 18.2 Å². The number of methoxy groups -OCH3 is 2. The fourth-order valence-corrected chi connectivity index (χ4v) is 3.10. The second-order valence-electron chi connectivity index (χ2n) is 5.52. The first kappa shape index (κ1) is 15.1. The molecular weight excluding hydrogens is 296 g/mol. The topological polar surface area (TPSA) is 72.8 Å². The van der Waals surface area contributed by atoms with Gasteiger partial charge in [0.25, 0.3) is 0 Å². The molecule has 0 fully saturated rings. The summed E-state index contributed by atoms with van der Waals surface area (Å²) in [5, 5.41) is 10.1. The number of fused-ring (bicyclic) bond motifs is 2. The molecule has 118 valence electrons. The summed E-state index contributed by atoms with van der Waals surface area (Å²) >= 11 is 0. The molecule has 3 rings (SSSR count). The molecule has 0 saturated carbocycles. The minimum atomic E-state index is -0.392. The van der Waals surface area contributed by atoms with Gasteiger partial charge in [0.1, 0.15) is 5.75 Å². The van der Waals surface area contributed by atoms with Gasteiger partial charge >= 0.3 is 0 Å². The quantitative estimate of drug-likeness (QED) is 0.787. The fourth-order valence-electron chi connectivity index (χ4n) is 3.10. The summed E-state index contributed by atoms with van der Waals surface area (Å²) in [6, 6.07) is 4.58. The van der Waals surface area contributed by atoms with Crippen molar-refractivity contribution in [2.24, 2.45) is 0 Å². The van der Waals surface area contributed by atoms with Crippen LogP contribution in [0, 0.1) is 13.8 Å². The lowest BCUT2D eigenvalue weighted by atomic mass is 9.80. The lowest BCUT2D eigenvalue weighted by Crippen LogP contribution is -2.23. The summed E-state index contributed by atoms with van der Waals surface area (Å²) < 4.78 is 10.6.